The van der Waals surface area contributed by atoms with Gasteiger partial charge in [-0.1, -0.05) is 15.9 Å². The Morgan fingerprint density at radius 2 is 2.27 bits per heavy atom. The third-order valence-corrected chi connectivity index (χ3v) is 3.51. The summed E-state index contributed by atoms with van der Waals surface area (Å²) in [6, 6.07) is 6.13. The highest BCUT2D eigenvalue weighted by molar-refractivity contribution is 9.10. The summed E-state index contributed by atoms with van der Waals surface area (Å²) in [5.74, 6) is 0. The van der Waals surface area contributed by atoms with E-state index in [-0.39, 0.29) is 5.43 Å². The first-order valence-corrected chi connectivity index (χ1v) is 5.79. The standard InChI is InChI=1S/C12H10BrNO/c1-7-4-8-5-9(13)6-10-11(15)2-3-14(7)12(8)10/h2-3,5-7H,4H2,1H3/t7-/m1/s1. The molecule has 3 rings (SSSR count). The number of halogens is 1. The Kier molecular flexibility index (Phi) is 1.80. The fourth-order valence-electron chi connectivity index (χ4n) is 2.40. The Hall–Kier alpha value is -1.09. The molecule has 1 aliphatic rings. The van der Waals surface area contributed by atoms with Crippen molar-refractivity contribution in [3.63, 3.8) is 0 Å². The maximum absolute atomic E-state index is 11.7. The molecular formula is C12H10BrNO. The van der Waals surface area contributed by atoms with E-state index in [1.807, 2.05) is 12.3 Å². The van der Waals surface area contributed by atoms with Crippen LogP contribution in [-0.4, -0.2) is 4.57 Å². The van der Waals surface area contributed by atoms with Crippen LogP contribution in [0.25, 0.3) is 10.9 Å². The van der Waals surface area contributed by atoms with Crippen LogP contribution in [0, 0.1) is 0 Å². The van der Waals surface area contributed by atoms with E-state index in [4.69, 9.17) is 0 Å². The van der Waals surface area contributed by atoms with Crippen LogP contribution >= 0.6 is 15.9 Å². The lowest BCUT2D eigenvalue weighted by molar-refractivity contribution is 0.594. The van der Waals surface area contributed by atoms with Crippen molar-refractivity contribution in [1.29, 1.82) is 0 Å². The molecule has 3 heteroatoms. The summed E-state index contributed by atoms with van der Waals surface area (Å²) >= 11 is 3.45. The highest BCUT2D eigenvalue weighted by atomic mass is 79.9. The Morgan fingerprint density at radius 3 is 3.07 bits per heavy atom. The van der Waals surface area contributed by atoms with E-state index in [1.54, 1.807) is 6.07 Å². The van der Waals surface area contributed by atoms with Crippen LogP contribution in [0.2, 0.25) is 0 Å². The van der Waals surface area contributed by atoms with E-state index in [2.05, 4.69) is 33.5 Å². The lowest BCUT2D eigenvalue weighted by Crippen LogP contribution is -2.06. The van der Waals surface area contributed by atoms with E-state index in [9.17, 15) is 4.79 Å². The first-order valence-electron chi connectivity index (χ1n) is 5.00. The molecule has 0 fully saturated rings. The molecule has 0 radical (unpaired) electrons. The van der Waals surface area contributed by atoms with Crippen LogP contribution in [-0.2, 0) is 6.42 Å². The molecule has 1 aliphatic heterocycles. The van der Waals surface area contributed by atoms with Gasteiger partial charge in [0.2, 0.25) is 0 Å². The van der Waals surface area contributed by atoms with Gasteiger partial charge < -0.3 is 4.57 Å². The van der Waals surface area contributed by atoms with E-state index in [0.29, 0.717) is 6.04 Å². The van der Waals surface area contributed by atoms with Crippen molar-refractivity contribution in [2.45, 2.75) is 19.4 Å². The molecule has 1 atom stereocenters. The van der Waals surface area contributed by atoms with Gasteiger partial charge >= 0.3 is 0 Å². The molecule has 0 saturated carbocycles. The van der Waals surface area contributed by atoms with Crippen LogP contribution in [0.3, 0.4) is 0 Å². The summed E-state index contributed by atoms with van der Waals surface area (Å²) < 4.78 is 3.19. The summed E-state index contributed by atoms with van der Waals surface area (Å²) in [5.41, 5.74) is 2.49. The lowest BCUT2D eigenvalue weighted by Gasteiger charge is -2.08. The van der Waals surface area contributed by atoms with Gasteiger partial charge in [-0.2, -0.15) is 0 Å². The number of aromatic nitrogens is 1. The Labute approximate surface area is 95.7 Å². The monoisotopic (exact) mass is 263 g/mol. The Balaban J connectivity index is 2.57. The molecule has 2 heterocycles. The number of hydrogen-bond acceptors (Lipinski definition) is 1. The van der Waals surface area contributed by atoms with Crippen LogP contribution < -0.4 is 5.43 Å². The van der Waals surface area contributed by atoms with Crippen LogP contribution in [0.15, 0.2) is 33.7 Å². The normalized spacial score (nSPS) is 18.7. The third-order valence-electron chi connectivity index (χ3n) is 3.05. The summed E-state index contributed by atoms with van der Waals surface area (Å²) in [6.45, 7) is 2.18. The van der Waals surface area contributed by atoms with Gasteiger partial charge in [0.05, 0.1) is 5.52 Å². The lowest BCUT2D eigenvalue weighted by atomic mass is 10.1. The molecule has 0 amide bonds. The second-order valence-corrected chi connectivity index (χ2v) is 5.02. The maximum Gasteiger partial charge on any atom is 0.189 e. The van der Waals surface area contributed by atoms with Crippen LogP contribution in [0.1, 0.15) is 18.5 Å². The van der Waals surface area contributed by atoms with Crippen molar-refractivity contribution in [1.82, 2.24) is 4.57 Å². The minimum absolute atomic E-state index is 0.109. The zero-order valence-corrected chi connectivity index (χ0v) is 9.91. The van der Waals surface area contributed by atoms with E-state index < -0.39 is 0 Å². The highest BCUT2D eigenvalue weighted by Gasteiger charge is 2.20. The predicted octanol–water partition coefficient (Wildman–Crippen LogP) is 2.88. The first-order chi connectivity index (χ1) is 7.16. The maximum atomic E-state index is 11.7. The van der Waals surface area contributed by atoms with Crippen LogP contribution in [0.4, 0.5) is 0 Å². The second-order valence-electron chi connectivity index (χ2n) is 4.10. The van der Waals surface area contributed by atoms with Gasteiger partial charge in [0, 0.05) is 28.2 Å². The smallest absolute Gasteiger partial charge is 0.189 e. The number of rotatable bonds is 0. The zero-order chi connectivity index (χ0) is 10.6. The zero-order valence-electron chi connectivity index (χ0n) is 8.33. The van der Waals surface area contributed by atoms with Crippen LogP contribution in [0.5, 0.6) is 0 Å². The fraction of sp³-hybridized carbons (Fsp3) is 0.250. The summed E-state index contributed by atoms with van der Waals surface area (Å²) in [6.07, 6.45) is 2.92. The molecule has 1 aromatic carbocycles. The molecule has 1 aromatic heterocycles. The average Bonchev–Trinajstić information content (AvgIpc) is 2.49. The first kappa shape index (κ1) is 9.16. The number of benzene rings is 1. The quantitative estimate of drug-likeness (QED) is 0.717. The van der Waals surface area contributed by atoms with Crippen molar-refractivity contribution >= 4 is 26.8 Å². The topological polar surface area (TPSA) is 22.0 Å². The van der Waals surface area contributed by atoms with Gasteiger partial charge in [-0.15, -0.1) is 0 Å². The molecule has 2 nitrogen and oxygen atoms in total. The van der Waals surface area contributed by atoms with Crippen molar-refractivity contribution in [2.24, 2.45) is 0 Å². The van der Waals surface area contributed by atoms with Gasteiger partial charge in [0.25, 0.3) is 0 Å². The molecular weight excluding hydrogens is 254 g/mol. The molecule has 2 aromatic rings. The summed E-state index contributed by atoms with van der Waals surface area (Å²) in [4.78, 5) is 11.7. The van der Waals surface area contributed by atoms with Gasteiger partial charge in [-0.05, 0) is 31.0 Å². The minimum Gasteiger partial charge on any atom is -0.344 e. The third kappa shape index (κ3) is 1.19. The van der Waals surface area contributed by atoms with Crippen molar-refractivity contribution < 1.29 is 0 Å². The Bertz CT molecular complexity index is 615. The predicted molar refractivity (Wildman–Crippen MR) is 64.3 cm³/mol. The van der Waals surface area contributed by atoms with Crippen molar-refractivity contribution in [3.8, 4) is 0 Å². The minimum atomic E-state index is 0.109. The molecule has 15 heavy (non-hydrogen) atoms. The SMILES string of the molecule is C[C@@H]1Cc2cc(Br)cc3c(=O)ccn1c23. The summed E-state index contributed by atoms with van der Waals surface area (Å²) in [5, 5.41) is 0.825. The largest absolute Gasteiger partial charge is 0.344 e. The molecule has 0 unspecified atom stereocenters. The highest BCUT2D eigenvalue weighted by Crippen LogP contribution is 2.32. The van der Waals surface area contributed by atoms with Crippen molar-refractivity contribution in [3.05, 3.63) is 44.7 Å². The number of nitrogens with zero attached hydrogens (tertiary/aromatic N) is 1. The molecule has 76 valence electrons. The van der Waals surface area contributed by atoms with E-state index in [1.165, 1.54) is 5.56 Å². The number of hydrogen-bond donors (Lipinski definition) is 0. The molecule has 0 N–H and O–H groups in total. The summed E-state index contributed by atoms with van der Waals surface area (Å²) in [7, 11) is 0. The Morgan fingerprint density at radius 1 is 1.47 bits per heavy atom. The molecule has 0 spiro atoms. The average molecular weight is 264 g/mol. The molecule has 0 aliphatic carbocycles. The molecule has 0 bridgehead atoms. The fourth-order valence-corrected chi connectivity index (χ4v) is 2.91. The van der Waals surface area contributed by atoms with Gasteiger partial charge in [0.1, 0.15) is 0 Å². The van der Waals surface area contributed by atoms with Crippen molar-refractivity contribution in [2.75, 3.05) is 0 Å². The van der Waals surface area contributed by atoms with E-state index >= 15 is 0 Å². The van der Waals surface area contributed by atoms with E-state index in [0.717, 1.165) is 21.8 Å². The van der Waals surface area contributed by atoms with Gasteiger partial charge in [-0.3, -0.25) is 4.79 Å². The van der Waals surface area contributed by atoms with Gasteiger partial charge in [-0.25, -0.2) is 0 Å². The molecule has 0 saturated heterocycles. The second kappa shape index (κ2) is 2.95. The van der Waals surface area contributed by atoms with Gasteiger partial charge in [0.15, 0.2) is 5.43 Å². The number of pyridine rings is 1.